The Labute approximate surface area is 115 Å². The minimum atomic E-state index is -0.148. The zero-order valence-electron chi connectivity index (χ0n) is 10.1. The van der Waals surface area contributed by atoms with Crippen LogP contribution in [-0.2, 0) is 0 Å². The zero-order valence-corrected chi connectivity index (χ0v) is 12.5. The summed E-state index contributed by atoms with van der Waals surface area (Å²) in [4.78, 5) is 14.0. The van der Waals surface area contributed by atoms with Crippen LogP contribution in [0, 0.1) is 0 Å². The van der Waals surface area contributed by atoms with Crippen molar-refractivity contribution in [2.75, 3.05) is 20.6 Å². The third-order valence-electron chi connectivity index (χ3n) is 2.19. The Bertz CT molecular complexity index is 409. The lowest BCUT2D eigenvalue weighted by molar-refractivity contribution is 0.0934. The van der Waals surface area contributed by atoms with Crippen molar-refractivity contribution in [2.24, 2.45) is 0 Å². The number of nitrogens with zero attached hydrogens (tertiary/aromatic N) is 1. The number of likely N-dealkylation sites (N-methyl/N-ethyl adjacent to an activating group) is 1. The van der Waals surface area contributed by atoms with Gasteiger partial charge in [0.05, 0.1) is 10.6 Å². The first-order valence-corrected chi connectivity index (χ1v) is 6.48. The maximum atomic E-state index is 12.0. The second-order valence-electron chi connectivity index (χ2n) is 4.26. The van der Waals surface area contributed by atoms with Gasteiger partial charge in [0.2, 0.25) is 0 Å². The predicted octanol–water partition coefficient (Wildman–Crippen LogP) is 2.78. The second kappa shape index (κ2) is 6.38. The quantitative estimate of drug-likeness (QED) is 0.925. The SMILES string of the molecule is CC(CN(C)C)NC(=O)c1cc(Br)ccc1Cl. The van der Waals surface area contributed by atoms with Gasteiger partial charge in [0.1, 0.15) is 0 Å². The van der Waals surface area contributed by atoms with Crippen molar-refractivity contribution in [3.63, 3.8) is 0 Å². The van der Waals surface area contributed by atoms with E-state index in [4.69, 9.17) is 11.6 Å². The molecule has 0 aromatic heterocycles. The third kappa shape index (κ3) is 4.66. The molecular weight excluding hydrogens is 304 g/mol. The van der Waals surface area contributed by atoms with Gasteiger partial charge < -0.3 is 10.2 Å². The van der Waals surface area contributed by atoms with Crippen LogP contribution in [-0.4, -0.2) is 37.5 Å². The average Bonchev–Trinajstić information content (AvgIpc) is 2.20. The monoisotopic (exact) mass is 318 g/mol. The van der Waals surface area contributed by atoms with Crippen LogP contribution in [0.15, 0.2) is 22.7 Å². The highest BCUT2D eigenvalue weighted by atomic mass is 79.9. The summed E-state index contributed by atoms with van der Waals surface area (Å²) in [5.41, 5.74) is 0.492. The van der Waals surface area contributed by atoms with Gasteiger partial charge in [-0.25, -0.2) is 0 Å². The van der Waals surface area contributed by atoms with E-state index in [1.54, 1.807) is 12.1 Å². The summed E-state index contributed by atoms with van der Waals surface area (Å²) >= 11 is 9.31. The molecule has 1 aromatic rings. The summed E-state index contributed by atoms with van der Waals surface area (Å²) in [6.45, 7) is 2.75. The van der Waals surface area contributed by atoms with Crippen LogP contribution in [0.1, 0.15) is 17.3 Å². The Balaban J connectivity index is 2.73. The summed E-state index contributed by atoms with van der Waals surface area (Å²) < 4.78 is 0.840. The van der Waals surface area contributed by atoms with Crippen molar-refractivity contribution < 1.29 is 4.79 Å². The lowest BCUT2D eigenvalue weighted by Gasteiger charge is -2.18. The highest BCUT2D eigenvalue weighted by Crippen LogP contribution is 2.20. The van der Waals surface area contributed by atoms with Gasteiger partial charge >= 0.3 is 0 Å². The van der Waals surface area contributed by atoms with E-state index < -0.39 is 0 Å². The molecule has 94 valence electrons. The lowest BCUT2D eigenvalue weighted by Crippen LogP contribution is -2.39. The molecule has 1 amide bonds. The molecule has 0 saturated heterocycles. The maximum Gasteiger partial charge on any atom is 0.253 e. The molecule has 1 N–H and O–H groups in total. The predicted molar refractivity (Wildman–Crippen MR) is 74.6 cm³/mol. The standard InChI is InChI=1S/C12H16BrClN2O/c1-8(7-16(2)3)15-12(17)10-6-9(13)4-5-11(10)14/h4-6,8H,7H2,1-3H3,(H,15,17). The van der Waals surface area contributed by atoms with Gasteiger partial charge in [0.15, 0.2) is 0 Å². The number of rotatable bonds is 4. The molecule has 0 spiro atoms. The summed E-state index contributed by atoms with van der Waals surface area (Å²) in [7, 11) is 3.93. The average molecular weight is 320 g/mol. The number of benzene rings is 1. The van der Waals surface area contributed by atoms with Crippen LogP contribution in [0.2, 0.25) is 5.02 Å². The number of carbonyl (C=O) groups excluding carboxylic acids is 1. The van der Waals surface area contributed by atoms with Crippen molar-refractivity contribution in [3.05, 3.63) is 33.3 Å². The highest BCUT2D eigenvalue weighted by Gasteiger charge is 2.13. The van der Waals surface area contributed by atoms with E-state index in [9.17, 15) is 4.79 Å². The molecule has 0 aliphatic carbocycles. The zero-order chi connectivity index (χ0) is 13.0. The molecule has 0 aliphatic heterocycles. The number of halogens is 2. The van der Waals surface area contributed by atoms with Gasteiger partial charge in [-0.15, -0.1) is 0 Å². The summed E-state index contributed by atoms with van der Waals surface area (Å²) in [6, 6.07) is 5.31. The summed E-state index contributed by atoms with van der Waals surface area (Å²) in [6.07, 6.45) is 0. The molecule has 0 radical (unpaired) electrons. The molecule has 3 nitrogen and oxygen atoms in total. The minimum Gasteiger partial charge on any atom is -0.348 e. The molecule has 0 bridgehead atoms. The van der Waals surface area contributed by atoms with Crippen LogP contribution in [0.3, 0.4) is 0 Å². The minimum absolute atomic E-state index is 0.0764. The topological polar surface area (TPSA) is 32.3 Å². The van der Waals surface area contributed by atoms with Gasteiger partial charge in [-0.3, -0.25) is 4.79 Å². The van der Waals surface area contributed by atoms with E-state index in [-0.39, 0.29) is 11.9 Å². The lowest BCUT2D eigenvalue weighted by atomic mass is 10.2. The Kier molecular flexibility index (Phi) is 5.43. The Morgan fingerprint density at radius 2 is 2.18 bits per heavy atom. The molecule has 5 heteroatoms. The summed E-state index contributed by atoms with van der Waals surface area (Å²) in [5.74, 6) is -0.148. The first-order valence-electron chi connectivity index (χ1n) is 5.31. The fourth-order valence-electron chi connectivity index (χ4n) is 1.57. The molecule has 1 rings (SSSR count). The van der Waals surface area contributed by atoms with Crippen LogP contribution in [0.4, 0.5) is 0 Å². The number of carbonyl (C=O) groups is 1. The van der Waals surface area contributed by atoms with Gasteiger partial charge in [-0.1, -0.05) is 27.5 Å². The van der Waals surface area contributed by atoms with Crippen LogP contribution in [0.5, 0.6) is 0 Å². The first kappa shape index (κ1) is 14.5. The van der Waals surface area contributed by atoms with Gasteiger partial charge in [0.25, 0.3) is 5.91 Å². The molecule has 17 heavy (non-hydrogen) atoms. The smallest absolute Gasteiger partial charge is 0.253 e. The second-order valence-corrected chi connectivity index (χ2v) is 5.58. The maximum absolute atomic E-state index is 12.0. The number of hydrogen-bond donors (Lipinski definition) is 1. The van der Waals surface area contributed by atoms with Crippen molar-refractivity contribution in [1.29, 1.82) is 0 Å². The first-order chi connectivity index (χ1) is 7.90. The van der Waals surface area contributed by atoms with E-state index in [0.717, 1.165) is 11.0 Å². The van der Waals surface area contributed by atoms with Gasteiger partial charge in [-0.05, 0) is 39.2 Å². The van der Waals surface area contributed by atoms with Crippen LogP contribution < -0.4 is 5.32 Å². The van der Waals surface area contributed by atoms with Gasteiger partial charge in [-0.2, -0.15) is 0 Å². The molecule has 1 aromatic carbocycles. The van der Waals surface area contributed by atoms with E-state index >= 15 is 0 Å². The van der Waals surface area contributed by atoms with Crippen molar-refractivity contribution in [2.45, 2.75) is 13.0 Å². The van der Waals surface area contributed by atoms with Crippen molar-refractivity contribution in [3.8, 4) is 0 Å². The van der Waals surface area contributed by atoms with Crippen molar-refractivity contribution in [1.82, 2.24) is 10.2 Å². The molecule has 1 atom stereocenters. The number of nitrogens with one attached hydrogen (secondary N) is 1. The summed E-state index contributed by atoms with van der Waals surface area (Å²) in [5, 5.41) is 3.37. The highest BCUT2D eigenvalue weighted by molar-refractivity contribution is 9.10. The Morgan fingerprint density at radius 1 is 1.53 bits per heavy atom. The fraction of sp³-hybridized carbons (Fsp3) is 0.417. The van der Waals surface area contributed by atoms with E-state index in [2.05, 4.69) is 21.2 Å². The molecule has 1 unspecified atom stereocenters. The van der Waals surface area contributed by atoms with E-state index in [0.29, 0.717) is 10.6 Å². The molecule has 0 heterocycles. The largest absolute Gasteiger partial charge is 0.348 e. The van der Waals surface area contributed by atoms with Gasteiger partial charge in [0, 0.05) is 17.1 Å². The fourth-order valence-corrected chi connectivity index (χ4v) is 2.13. The van der Waals surface area contributed by atoms with Crippen LogP contribution in [0.25, 0.3) is 0 Å². The molecule has 0 fully saturated rings. The molecular formula is C12H16BrClN2O. The third-order valence-corrected chi connectivity index (χ3v) is 3.01. The van der Waals surface area contributed by atoms with E-state index in [1.807, 2.05) is 32.0 Å². The van der Waals surface area contributed by atoms with Crippen LogP contribution >= 0.6 is 27.5 Å². The van der Waals surface area contributed by atoms with E-state index in [1.165, 1.54) is 0 Å². The normalized spacial score (nSPS) is 12.6. The number of hydrogen-bond acceptors (Lipinski definition) is 2. The number of amides is 1. The van der Waals surface area contributed by atoms with Crippen molar-refractivity contribution >= 4 is 33.4 Å². The molecule has 0 saturated carbocycles. The molecule has 0 aliphatic rings. The Morgan fingerprint density at radius 3 is 2.76 bits per heavy atom. The Hall–Kier alpha value is -0.580.